The number of nitrogens with one attached hydrogen (secondary N) is 1. The van der Waals surface area contributed by atoms with Gasteiger partial charge < -0.3 is 10.1 Å². The molecule has 5 nitrogen and oxygen atoms in total. The van der Waals surface area contributed by atoms with Crippen LogP contribution in [0.5, 0.6) is 6.01 Å². The first-order valence-electron chi connectivity index (χ1n) is 4.61. The van der Waals surface area contributed by atoms with E-state index in [1.807, 2.05) is 23.8 Å². The fraction of sp³-hybridized carbons (Fsp3) is 0.222. The molecular weight excluding hydrogens is 248 g/mol. The maximum Gasteiger partial charge on any atom is 0.322 e. The minimum Gasteiger partial charge on any atom is -0.464 e. The molecule has 0 aliphatic heterocycles. The van der Waals surface area contributed by atoms with Crippen molar-refractivity contribution in [1.29, 1.82) is 0 Å². The second-order valence-corrected chi connectivity index (χ2v) is 3.90. The predicted molar refractivity (Wildman–Crippen MR) is 63.6 cm³/mol. The molecule has 0 unspecified atom stereocenters. The van der Waals surface area contributed by atoms with E-state index in [4.69, 9.17) is 16.3 Å². The van der Waals surface area contributed by atoms with Gasteiger partial charge in [0.05, 0.1) is 12.3 Å². The monoisotopic (exact) mass is 256 g/mol. The Hall–Kier alpha value is -1.40. The van der Waals surface area contributed by atoms with Crippen LogP contribution in [0, 0.1) is 0 Å². The van der Waals surface area contributed by atoms with E-state index in [2.05, 4.69) is 20.3 Å². The highest BCUT2D eigenvalue weighted by Gasteiger charge is 2.05. The SMILES string of the molecule is CCOc1nc(Cl)nc(Nc2ccsc2)n1. The summed E-state index contributed by atoms with van der Waals surface area (Å²) in [5.74, 6) is 0.377. The molecular formula is C9H9ClN4OS. The van der Waals surface area contributed by atoms with E-state index in [0.717, 1.165) is 5.69 Å². The Labute approximate surface area is 101 Å². The van der Waals surface area contributed by atoms with Crippen molar-refractivity contribution < 1.29 is 4.74 Å². The van der Waals surface area contributed by atoms with E-state index in [1.165, 1.54) is 0 Å². The second kappa shape index (κ2) is 5.09. The number of aromatic nitrogens is 3. The highest BCUT2D eigenvalue weighted by Crippen LogP contribution is 2.18. The third-order valence-electron chi connectivity index (χ3n) is 1.64. The molecule has 0 aliphatic carbocycles. The van der Waals surface area contributed by atoms with Crippen molar-refractivity contribution in [1.82, 2.24) is 15.0 Å². The molecule has 0 radical (unpaired) electrons. The van der Waals surface area contributed by atoms with E-state index >= 15 is 0 Å². The van der Waals surface area contributed by atoms with E-state index in [1.54, 1.807) is 11.3 Å². The van der Waals surface area contributed by atoms with Gasteiger partial charge in [0.25, 0.3) is 0 Å². The Kier molecular flexibility index (Phi) is 3.53. The largest absolute Gasteiger partial charge is 0.464 e. The zero-order chi connectivity index (χ0) is 11.4. The molecule has 0 atom stereocenters. The molecule has 16 heavy (non-hydrogen) atoms. The maximum atomic E-state index is 5.75. The number of rotatable bonds is 4. The maximum absolute atomic E-state index is 5.75. The summed E-state index contributed by atoms with van der Waals surface area (Å²) >= 11 is 7.33. The van der Waals surface area contributed by atoms with Gasteiger partial charge in [-0.25, -0.2) is 0 Å². The molecule has 0 bridgehead atoms. The van der Waals surface area contributed by atoms with Crippen molar-refractivity contribution in [3.63, 3.8) is 0 Å². The molecule has 0 saturated heterocycles. The summed E-state index contributed by atoms with van der Waals surface area (Å²) < 4.78 is 5.16. The van der Waals surface area contributed by atoms with Gasteiger partial charge in [0, 0.05) is 5.38 Å². The lowest BCUT2D eigenvalue weighted by Gasteiger charge is -2.04. The van der Waals surface area contributed by atoms with Gasteiger partial charge in [-0.15, -0.1) is 0 Å². The quantitative estimate of drug-likeness (QED) is 0.911. The molecule has 0 spiro atoms. The van der Waals surface area contributed by atoms with Gasteiger partial charge in [0.15, 0.2) is 0 Å². The second-order valence-electron chi connectivity index (χ2n) is 2.78. The first-order chi connectivity index (χ1) is 7.78. The van der Waals surface area contributed by atoms with Gasteiger partial charge in [-0.2, -0.15) is 26.3 Å². The highest BCUT2D eigenvalue weighted by molar-refractivity contribution is 7.08. The van der Waals surface area contributed by atoms with Crippen LogP contribution in [0.25, 0.3) is 0 Å². The van der Waals surface area contributed by atoms with Crippen LogP contribution in [-0.4, -0.2) is 21.6 Å². The summed E-state index contributed by atoms with van der Waals surface area (Å²) in [7, 11) is 0. The number of hydrogen-bond donors (Lipinski definition) is 1. The summed E-state index contributed by atoms with van der Waals surface area (Å²) in [6.45, 7) is 2.34. The summed E-state index contributed by atoms with van der Waals surface area (Å²) in [5, 5.41) is 7.01. The van der Waals surface area contributed by atoms with Gasteiger partial charge in [0.2, 0.25) is 11.2 Å². The smallest absolute Gasteiger partial charge is 0.322 e. The number of thiophene rings is 1. The summed E-state index contributed by atoms with van der Waals surface area (Å²) in [6, 6.07) is 2.14. The predicted octanol–water partition coefficient (Wildman–Crippen LogP) is 2.73. The van der Waals surface area contributed by atoms with Crippen LogP contribution >= 0.6 is 22.9 Å². The van der Waals surface area contributed by atoms with Gasteiger partial charge in [-0.05, 0) is 30.0 Å². The zero-order valence-corrected chi connectivity index (χ0v) is 10.0. The Balaban J connectivity index is 2.20. The van der Waals surface area contributed by atoms with Crippen LogP contribution in [0.15, 0.2) is 16.8 Å². The molecule has 2 aromatic rings. The lowest BCUT2D eigenvalue weighted by atomic mass is 10.5. The third kappa shape index (κ3) is 2.80. The number of ether oxygens (including phenoxy) is 1. The Morgan fingerprint density at radius 1 is 1.44 bits per heavy atom. The molecule has 2 aromatic heterocycles. The minimum absolute atomic E-state index is 0.108. The molecule has 2 heterocycles. The van der Waals surface area contributed by atoms with Gasteiger partial charge in [-0.3, -0.25) is 0 Å². The summed E-state index contributed by atoms with van der Waals surface area (Å²) in [5.41, 5.74) is 0.912. The van der Waals surface area contributed by atoms with Crippen LogP contribution in [0.2, 0.25) is 5.28 Å². The van der Waals surface area contributed by atoms with E-state index in [9.17, 15) is 0 Å². The minimum atomic E-state index is 0.108. The van der Waals surface area contributed by atoms with Crippen LogP contribution in [-0.2, 0) is 0 Å². The summed E-state index contributed by atoms with van der Waals surface area (Å²) in [4.78, 5) is 11.8. The number of hydrogen-bond acceptors (Lipinski definition) is 6. The van der Waals surface area contributed by atoms with Crippen LogP contribution in [0.1, 0.15) is 6.92 Å². The van der Waals surface area contributed by atoms with Crippen molar-refractivity contribution in [3.05, 3.63) is 22.1 Å². The molecule has 84 valence electrons. The topological polar surface area (TPSA) is 59.9 Å². The first-order valence-corrected chi connectivity index (χ1v) is 5.93. The average molecular weight is 257 g/mol. The Morgan fingerprint density at radius 2 is 2.31 bits per heavy atom. The molecule has 7 heteroatoms. The lowest BCUT2D eigenvalue weighted by molar-refractivity contribution is 0.312. The fourth-order valence-electron chi connectivity index (χ4n) is 1.05. The van der Waals surface area contributed by atoms with Gasteiger partial charge in [0.1, 0.15) is 0 Å². The summed E-state index contributed by atoms with van der Waals surface area (Å²) in [6.07, 6.45) is 0. The molecule has 0 aliphatic rings. The lowest BCUT2D eigenvalue weighted by Crippen LogP contribution is -2.03. The van der Waals surface area contributed by atoms with Gasteiger partial charge >= 0.3 is 6.01 Å². The molecule has 2 rings (SSSR count). The van der Waals surface area contributed by atoms with E-state index in [0.29, 0.717) is 12.6 Å². The van der Waals surface area contributed by atoms with Crippen molar-refractivity contribution in [2.45, 2.75) is 6.92 Å². The molecule has 0 amide bonds. The average Bonchev–Trinajstić information content (AvgIpc) is 2.70. The Bertz CT molecular complexity index is 463. The molecule has 0 fully saturated rings. The standard InChI is InChI=1S/C9H9ClN4OS/c1-2-15-9-13-7(10)12-8(14-9)11-6-3-4-16-5-6/h3-5H,2H2,1H3,(H,11,12,13,14). The van der Waals surface area contributed by atoms with Crippen LogP contribution < -0.4 is 10.1 Å². The molecule has 1 N–H and O–H groups in total. The van der Waals surface area contributed by atoms with Crippen molar-refractivity contribution in [3.8, 4) is 6.01 Å². The van der Waals surface area contributed by atoms with Crippen molar-refractivity contribution in [2.24, 2.45) is 0 Å². The van der Waals surface area contributed by atoms with Crippen molar-refractivity contribution in [2.75, 3.05) is 11.9 Å². The van der Waals surface area contributed by atoms with E-state index in [-0.39, 0.29) is 11.3 Å². The van der Waals surface area contributed by atoms with Gasteiger partial charge in [-0.1, -0.05) is 0 Å². The van der Waals surface area contributed by atoms with Crippen molar-refractivity contribution >= 4 is 34.6 Å². The third-order valence-corrected chi connectivity index (χ3v) is 2.49. The fourth-order valence-corrected chi connectivity index (χ4v) is 1.79. The van der Waals surface area contributed by atoms with Crippen LogP contribution in [0.4, 0.5) is 11.6 Å². The normalized spacial score (nSPS) is 10.1. The highest BCUT2D eigenvalue weighted by atomic mass is 35.5. The zero-order valence-electron chi connectivity index (χ0n) is 8.48. The number of nitrogens with zero attached hydrogens (tertiary/aromatic N) is 3. The molecule has 0 aromatic carbocycles. The first kappa shape index (κ1) is 11.1. The Morgan fingerprint density at radius 3 is 3.00 bits per heavy atom. The molecule has 0 saturated carbocycles. The number of halogens is 1. The van der Waals surface area contributed by atoms with Crippen LogP contribution in [0.3, 0.4) is 0 Å². The number of anilines is 2. The van der Waals surface area contributed by atoms with E-state index < -0.39 is 0 Å².